The van der Waals surface area contributed by atoms with Gasteiger partial charge in [0.05, 0.1) is 18.7 Å². The number of nitriles is 1. The summed E-state index contributed by atoms with van der Waals surface area (Å²) in [4.78, 5) is 0. The number of nitrogens with one attached hydrogen (secondary N) is 1. The molecule has 0 radical (unpaired) electrons. The number of rotatable bonds is 4. The van der Waals surface area contributed by atoms with E-state index in [1.807, 2.05) is 18.4 Å². The van der Waals surface area contributed by atoms with Gasteiger partial charge in [0.15, 0.2) is 0 Å². The smallest absolute Gasteiger partial charge is 0.146 e. The molecular formula is C8H13N5. The lowest BCUT2D eigenvalue weighted by Gasteiger charge is -2.05. The molecule has 0 saturated heterocycles. The van der Waals surface area contributed by atoms with Crippen LogP contribution >= 0.6 is 0 Å². The fourth-order valence-electron chi connectivity index (χ4n) is 0.970. The van der Waals surface area contributed by atoms with E-state index in [0.29, 0.717) is 6.54 Å². The van der Waals surface area contributed by atoms with E-state index >= 15 is 0 Å². The van der Waals surface area contributed by atoms with Crippen LogP contribution in [0.1, 0.15) is 19.7 Å². The fraction of sp³-hybridized carbons (Fsp3) is 0.625. The molecule has 70 valence electrons. The Morgan fingerprint density at radius 3 is 3.15 bits per heavy atom. The molecule has 0 spiro atoms. The third kappa shape index (κ3) is 2.53. The first-order chi connectivity index (χ1) is 6.27. The number of aromatic nitrogens is 3. The standard InChI is InChI=1S/C8H13N5/c1-3-13-6-11-12-8(13)5-10-7(2)4-9/h6-7,10H,3,5H2,1-2H3. The first-order valence-electron chi connectivity index (χ1n) is 4.27. The maximum absolute atomic E-state index is 8.53. The van der Waals surface area contributed by atoms with Crippen molar-refractivity contribution in [2.75, 3.05) is 0 Å². The zero-order valence-electron chi connectivity index (χ0n) is 7.86. The Morgan fingerprint density at radius 1 is 1.77 bits per heavy atom. The van der Waals surface area contributed by atoms with Gasteiger partial charge < -0.3 is 4.57 Å². The van der Waals surface area contributed by atoms with Crippen LogP contribution in [0.15, 0.2) is 6.33 Å². The van der Waals surface area contributed by atoms with Crippen molar-refractivity contribution in [3.8, 4) is 6.07 Å². The Bertz CT molecular complexity index is 298. The van der Waals surface area contributed by atoms with E-state index in [1.165, 1.54) is 0 Å². The van der Waals surface area contributed by atoms with E-state index in [2.05, 4.69) is 21.6 Å². The molecule has 0 aliphatic heterocycles. The molecule has 1 N–H and O–H groups in total. The lowest BCUT2D eigenvalue weighted by Crippen LogP contribution is -2.25. The quantitative estimate of drug-likeness (QED) is 0.721. The van der Waals surface area contributed by atoms with Crippen LogP contribution in [0.25, 0.3) is 0 Å². The van der Waals surface area contributed by atoms with Gasteiger partial charge in [0, 0.05) is 6.54 Å². The molecule has 1 heterocycles. The minimum Gasteiger partial charge on any atom is -0.317 e. The highest BCUT2D eigenvalue weighted by atomic mass is 15.3. The van der Waals surface area contributed by atoms with Crippen molar-refractivity contribution in [1.82, 2.24) is 20.1 Å². The van der Waals surface area contributed by atoms with Gasteiger partial charge in [0.2, 0.25) is 0 Å². The van der Waals surface area contributed by atoms with Gasteiger partial charge in [-0.25, -0.2) is 0 Å². The van der Waals surface area contributed by atoms with Crippen molar-refractivity contribution >= 4 is 0 Å². The summed E-state index contributed by atoms with van der Waals surface area (Å²) in [6.07, 6.45) is 1.69. The Morgan fingerprint density at radius 2 is 2.54 bits per heavy atom. The SMILES string of the molecule is CCn1cnnc1CNC(C)C#N. The number of nitrogens with zero attached hydrogens (tertiary/aromatic N) is 4. The molecule has 1 unspecified atom stereocenters. The molecule has 0 aromatic carbocycles. The fourth-order valence-corrected chi connectivity index (χ4v) is 0.970. The molecule has 1 aromatic heterocycles. The van der Waals surface area contributed by atoms with Crippen molar-refractivity contribution in [3.05, 3.63) is 12.2 Å². The number of hydrogen-bond donors (Lipinski definition) is 1. The van der Waals surface area contributed by atoms with Gasteiger partial charge in [0.1, 0.15) is 12.2 Å². The Balaban J connectivity index is 2.50. The van der Waals surface area contributed by atoms with Crippen LogP contribution in [0.4, 0.5) is 0 Å². The summed E-state index contributed by atoms with van der Waals surface area (Å²) in [5, 5.41) is 19.3. The molecule has 0 aliphatic rings. The van der Waals surface area contributed by atoms with Crippen molar-refractivity contribution < 1.29 is 0 Å². The van der Waals surface area contributed by atoms with Crippen LogP contribution in [0.3, 0.4) is 0 Å². The van der Waals surface area contributed by atoms with E-state index in [4.69, 9.17) is 5.26 Å². The second-order valence-electron chi connectivity index (χ2n) is 2.76. The zero-order chi connectivity index (χ0) is 9.68. The van der Waals surface area contributed by atoms with Crippen LogP contribution in [-0.2, 0) is 13.1 Å². The average Bonchev–Trinajstić information content (AvgIpc) is 2.61. The Kier molecular flexibility index (Phi) is 3.41. The largest absolute Gasteiger partial charge is 0.317 e. The molecule has 1 aromatic rings. The average molecular weight is 179 g/mol. The summed E-state index contributed by atoms with van der Waals surface area (Å²) in [6, 6.07) is 1.95. The molecule has 0 bridgehead atoms. The van der Waals surface area contributed by atoms with Gasteiger partial charge in [-0.1, -0.05) is 0 Å². The van der Waals surface area contributed by atoms with Gasteiger partial charge in [0.25, 0.3) is 0 Å². The van der Waals surface area contributed by atoms with Gasteiger partial charge in [-0.2, -0.15) is 5.26 Å². The van der Waals surface area contributed by atoms with E-state index in [1.54, 1.807) is 6.33 Å². The maximum Gasteiger partial charge on any atom is 0.146 e. The maximum atomic E-state index is 8.53. The third-order valence-electron chi connectivity index (χ3n) is 1.80. The van der Waals surface area contributed by atoms with E-state index in [0.717, 1.165) is 12.4 Å². The third-order valence-corrected chi connectivity index (χ3v) is 1.80. The molecule has 1 rings (SSSR count). The minimum atomic E-state index is -0.151. The molecule has 0 fully saturated rings. The summed E-state index contributed by atoms with van der Waals surface area (Å²) in [5.41, 5.74) is 0. The molecule has 5 heteroatoms. The van der Waals surface area contributed by atoms with Gasteiger partial charge in [-0.15, -0.1) is 10.2 Å². The van der Waals surface area contributed by atoms with Gasteiger partial charge >= 0.3 is 0 Å². The van der Waals surface area contributed by atoms with E-state index in [-0.39, 0.29) is 6.04 Å². The summed E-state index contributed by atoms with van der Waals surface area (Å²) in [5.74, 6) is 0.865. The molecule has 0 aliphatic carbocycles. The van der Waals surface area contributed by atoms with Crippen LogP contribution in [0.2, 0.25) is 0 Å². The Hall–Kier alpha value is -1.41. The summed E-state index contributed by atoms with van der Waals surface area (Å²) >= 11 is 0. The van der Waals surface area contributed by atoms with Crippen molar-refractivity contribution in [2.24, 2.45) is 0 Å². The molecule has 0 saturated carbocycles. The van der Waals surface area contributed by atoms with E-state index in [9.17, 15) is 0 Å². The van der Waals surface area contributed by atoms with Gasteiger partial charge in [-0.3, -0.25) is 5.32 Å². The molecular weight excluding hydrogens is 166 g/mol. The lowest BCUT2D eigenvalue weighted by atomic mass is 10.4. The summed E-state index contributed by atoms with van der Waals surface area (Å²) in [7, 11) is 0. The van der Waals surface area contributed by atoms with Crippen LogP contribution in [0.5, 0.6) is 0 Å². The normalized spacial score (nSPS) is 12.4. The van der Waals surface area contributed by atoms with Crippen molar-refractivity contribution in [3.63, 3.8) is 0 Å². The summed E-state index contributed by atoms with van der Waals surface area (Å²) in [6.45, 7) is 5.28. The Labute approximate surface area is 77.4 Å². The van der Waals surface area contributed by atoms with Crippen LogP contribution in [-0.4, -0.2) is 20.8 Å². The van der Waals surface area contributed by atoms with Crippen LogP contribution < -0.4 is 5.32 Å². The molecule has 5 nitrogen and oxygen atoms in total. The van der Waals surface area contributed by atoms with Crippen molar-refractivity contribution in [2.45, 2.75) is 33.0 Å². The lowest BCUT2D eigenvalue weighted by molar-refractivity contribution is 0.585. The second-order valence-corrected chi connectivity index (χ2v) is 2.76. The zero-order valence-corrected chi connectivity index (χ0v) is 7.86. The topological polar surface area (TPSA) is 66.5 Å². The predicted octanol–water partition coefficient (Wildman–Crippen LogP) is 0.300. The van der Waals surface area contributed by atoms with Crippen molar-refractivity contribution in [1.29, 1.82) is 5.26 Å². The molecule has 0 amide bonds. The molecule has 1 atom stereocenters. The van der Waals surface area contributed by atoms with Gasteiger partial charge in [-0.05, 0) is 13.8 Å². The highest BCUT2D eigenvalue weighted by Crippen LogP contribution is 1.94. The predicted molar refractivity (Wildman–Crippen MR) is 47.6 cm³/mol. The second kappa shape index (κ2) is 4.58. The first-order valence-corrected chi connectivity index (χ1v) is 4.27. The highest BCUT2D eigenvalue weighted by molar-refractivity contribution is 4.90. The van der Waals surface area contributed by atoms with Crippen LogP contribution in [0, 0.1) is 11.3 Å². The minimum absolute atomic E-state index is 0.151. The number of aryl methyl sites for hydroxylation is 1. The van der Waals surface area contributed by atoms with E-state index < -0.39 is 0 Å². The first kappa shape index (κ1) is 9.68. The molecule has 13 heavy (non-hydrogen) atoms. The monoisotopic (exact) mass is 179 g/mol. The summed E-state index contributed by atoms with van der Waals surface area (Å²) < 4.78 is 1.94. The highest BCUT2D eigenvalue weighted by Gasteiger charge is 2.03. The number of hydrogen-bond acceptors (Lipinski definition) is 4.